The first-order chi connectivity index (χ1) is 33.2. The Bertz CT molecular complexity index is 1370. The van der Waals surface area contributed by atoms with Crippen LogP contribution < -0.4 is 0 Å². The molecule has 2 N–H and O–H groups in total. The summed E-state index contributed by atoms with van der Waals surface area (Å²) in [4.78, 5) is 48.3. The van der Waals surface area contributed by atoms with E-state index >= 15 is 0 Å². The predicted octanol–water partition coefficient (Wildman–Crippen LogP) is 15.6. The van der Waals surface area contributed by atoms with E-state index in [0.717, 1.165) is 109 Å². The van der Waals surface area contributed by atoms with E-state index in [0.29, 0.717) is 19.3 Å². The highest BCUT2D eigenvalue weighted by atomic mass is 31.2. The van der Waals surface area contributed by atoms with Crippen LogP contribution in [0.15, 0.2) is 60.8 Å². The van der Waals surface area contributed by atoms with Crippen molar-refractivity contribution in [2.75, 3.05) is 26.4 Å². The third kappa shape index (κ3) is 48.2. The second-order valence-electron chi connectivity index (χ2n) is 18.0. The summed E-state index contributed by atoms with van der Waals surface area (Å²) >= 11 is 0. The molecule has 0 fully saturated rings. The predicted molar refractivity (Wildman–Crippen MR) is 279 cm³/mol. The van der Waals surface area contributed by atoms with E-state index in [1.807, 2.05) is 0 Å². The molecule has 0 aromatic rings. The summed E-state index contributed by atoms with van der Waals surface area (Å²) in [6, 6.07) is 0. The van der Waals surface area contributed by atoms with Gasteiger partial charge in [-0.15, -0.1) is 0 Å². The van der Waals surface area contributed by atoms with Crippen LogP contribution in [-0.4, -0.2) is 66.5 Å². The summed E-state index contributed by atoms with van der Waals surface area (Å²) < 4.78 is 39.4. The molecule has 68 heavy (non-hydrogen) atoms. The van der Waals surface area contributed by atoms with Crippen LogP contribution in [0.3, 0.4) is 0 Å². The van der Waals surface area contributed by atoms with E-state index in [4.69, 9.17) is 23.3 Å². The molecular formula is C56H99O11P. The fraction of sp³-hybridized carbons (Fsp3) is 0.768. The molecule has 3 atom stereocenters. The molecule has 11 nitrogen and oxygen atoms in total. The molecule has 0 spiro atoms. The molecule has 0 amide bonds. The highest BCUT2D eigenvalue weighted by molar-refractivity contribution is 7.47. The van der Waals surface area contributed by atoms with Gasteiger partial charge in [-0.25, -0.2) is 4.57 Å². The third-order valence-corrected chi connectivity index (χ3v) is 12.4. The minimum atomic E-state index is -4.75. The van der Waals surface area contributed by atoms with Crippen LogP contribution in [0.5, 0.6) is 0 Å². The Morgan fingerprint density at radius 2 is 0.765 bits per heavy atom. The Kier molecular flexibility index (Phi) is 48.5. The number of hydrogen-bond acceptors (Lipinski definition) is 10. The van der Waals surface area contributed by atoms with Gasteiger partial charge in [0.05, 0.1) is 19.8 Å². The van der Waals surface area contributed by atoms with Gasteiger partial charge in [0, 0.05) is 19.3 Å². The first kappa shape index (κ1) is 65.2. The smallest absolute Gasteiger partial charge is 0.462 e. The lowest BCUT2D eigenvalue weighted by Gasteiger charge is -2.21. The summed E-state index contributed by atoms with van der Waals surface area (Å²) in [6.07, 6.45) is 53.2. The lowest BCUT2D eigenvalue weighted by molar-refractivity contribution is -0.161. The normalized spacial score (nSPS) is 13.9. The fourth-order valence-corrected chi connectivity index (χ4v) is 8.07. The highest BCUT2D eigenvalue weighted by Crippen LogP contribution is 2.43. The van der Waals surface area contributed by atoms with Gasteiger partial charge in [-0.3, -0.25) is 23.4 Å². The second kappa shape index (κ2) is 50.6. The average Bonchev–Trinajstić information content (AvgIpc) is 3.32. The van der Waals surface area contributed by atoms with Crippen molar-refractivity contribution in [3.63, 3.8) is 0 Å². The Balaban J connectivity index is 4.76. The summed E-state index contributed by atoms with van der Waals surface area (Å²) in [5.41, 5.74) is 0. The van der Waals surface area contributed by atoms with E-state index in [1.165, 1.54) is 70.6 Å². The molecular weight excluding hydrogens is 880 g/mol. The summed E-state index contributed by atoms with van der Waals surface area (Å²) in [6.45, 7) is 4.47. The first-order valence-electron chi connectivity index (χ1n) is 27.2. The molecule has 0 aliphatic rings. The standard InChI is InChI=1S/C56H99O11P/c1-4-7-10-13-16-19-22-24-25-26-27-29-32-35-38-41-44-47-56(60)67-53(49-63-54(58)45-42-39-36-33-30-21-18-15-12-9-6-3)51-65-68(61,62)64-50-52(48-57)66-55(59)46-43-40-37-34-31-28-23-20-17-14-11-8-5-2/h7,10,16,19-20,23-25,27,29,52-53,57H,4-6,8-9,11-15,17-18,21-22,26,28,30-51H2,1-3H3,(H,61,62)/b10-7-,19-16-,23-20-,25-24-,29-27-. The molecule has 3 unspecified atom stereocenters. The number of carbonyl (C=O) groups excluding carboxylic acids is 3. The zero-order valence-corrected chi connectivity index (χ0v) is 44.2. The molecule has 0 radical (unpaired) electrons. The topological polar surface area (TPSA) is 155 Å². The van der Waals surface area contributed by atoms with Crippen molar-refractivity contribution in [1.29, 1.82) is 0 Å². The number of phosphoric ester groups is 1. The molecule has 0 aliphatic heterocycles. The first-order valence-corrected chi connectivity index (χ1v) is 28.7. The zero-order chi connectivity index (χ0) is 49.9. The Morgan fingerprint density at radius 1 is 0.426 bits per heavy atom. The second-order valence-corrected chi connectivity index (χ2v) is 19.5. The van der Waals surface area contributed by atoms with E-state index in [-0.39, 0.29) is 25.9 Å². The fourth-order valence-electron chi connectivity index (χ4n) is 7.28. The summed E-state index contributed by atoms with van der Waals surface area (Å²) in [5.74, 6) is -1.50. The molecule has 0 saturated carbocycles. The average molecular weight is 979 g/mol. The van der Waals surface area contributed by atoms with Crippen LogP contribution in [0.4, 0.5) is 0 Å². The lowest BCUT2D eigenvalue weighted by atomic mass is 10.1. The number of allylic oxidation sites excluding steroid dienone is 10. The maximum absolute atomic E-state index is 12.9. The molecule has 0 aromatic carbocycles. The maximum atomic E-state index is 12.9. The van der Waals surface area contributed by atoms with E-state index in [1.54, 1.807) is 0 Å². The monoisotopic (exact) mass is 979 g/mol. The number of carbonyl (C=O) groups is 3. The zero-order valence-electron chi connectivity index (χ0n) is 43.3. The Hall–Kier alpha value is -2.82. The number of hydrogen-bond donors (Lipinski definition) is 2. The SMILES string of the molecule is CC/C=C\C/C=C\C/C=C\C/C=C\CCCCCCC(=O)OC(COC(=O)CCCCCCCCCCCCC)COP(=O)(O)OCC(CO)OC(=O)CCCCCCC/C=C\CCCCCC. The van der Waals surface area contributed by atoms with Crippen molar-refractivity contribution in [2.24, 2.45) is 0 Å². The molecule has 0 heterocycles. The van der Waals surface area contributed by atoms with Gasteiger partial charge in [0.2, 0.25) is 0 Å². The molecule has 0 aliphatic carbocycles. The van der Waals surface area contributed by atoms with Crippen molar-refractivity contribution in [3.8, 4) is 0 Å². The van der Waals surface area contributed by atoms with Crippen molar-refractivity contribution < 1.29 is 52.2 Å². The summed E-state index contributed by atoms with van der Waals surface area (Å²) in [5, 5.41) is 9.78. The van der Waals surface area contributed by atoms with Gasteiger partial charge in [0.25, 0.3) is 0 Å². The minimum absolute atomic E-state index is 0.140. The Labute approximate surface area is 415 Å². The van der Waals surface area contributed by atoms with Crippen LogP contribution in [-0.2, 0) is 42.2 Å². The number of aliphatic hydroxyl groups is 1. The van der Waals surface area contributed by atoms with Crippen molar-refractivity contribution in [3.05, 3.63) is 60.8 Å². The van der Waals surface area contributed by atoms with Gasteiger partial charge in [0.1, 0.15) is 12.7 Å². The molecule has 0 rings (SSSR count). The largest absolute Gasteiger partial charge is 0.472 e. The van der Waals surface area contributed by atoms with E-state index in [2.05, 4.69) is 81.5 Å². The number of ether oxygens (including phenoxy) is 3. The van der Waals surface area contributed by atoms with E-state index < -0.39 is 57.8 Å². The van der Waals surface area contributed by atoms with Crippen LogP contribution >= 0.6 is 7.82 Å². The van der Waals surface area contributed by atoms with Crippen molar-refractivity contribution in [2.45, 2.75) is 251 Å². The van der Waals surface area contributed by atoms with Gasteiger partial charge in [-0.05, 0) is 83.5 Å². The highest BCUT2D eigenvalue weighted by Gasteiger charge is 2.28. The van der Waals surface area contributed by atoms with Gasteiger partial charge < -0.3 is 24.2 Å². The molecule has 12 heteroatoms. The van der Waals surface area contributed by atoms with Crippen LogP contribution in [0.1, 0.15) is 239 Å². The number of phosphoric acid groups is 1. The van der Waals surface area contributed by atoms with Gasteiger partial charge in [-0.2, -0.15) is 0 Å². The number of unbranched alkanes of at least 4 members (excludes halogenated alkanes) is 23. The number of aliphatic hydroxyl groups excluding tert-OH is 1. The van der Waals surface area contributed by atoms with Gasteiger partial charge >= 0.3 is 25.7 Å². The molecule has 394 valence electrons. The van der Waals surface area contributed by atoms with Gasteiger partial charge in [-0.1, -0.05) is 197 Å². The van der Waals surface area contributed by atoms with Crippen LogP contribution in [0.2, 0.25) is 0 Å². The van der Waals surface area contributed by atoms with Gasteiger partial charge in [0.15, 0.2) is 6.10 Å². The number of esters is 3. The quantitative estimate of drug-likeness (QED) is 0.0197. The lowest BCUT2D eigenvalue weighted by Crippen LogP contribution is -2.30. The number of rotatable bonds is 50. The van der Waals surface area contributed by atoms with E-state index in [9.17, 15) is 28.9 Å². The minimum Gasteiger partial charge on any atom is -0.462 e. The molecule has 0 aromatic heterocycles. The maximum Gasteiger partial charge on any atom is 0.472 e. The van der Waals surface area contributed by atoms with Crippen molar-refractivity contribution in [1.82, 2.24) is 0 Å². The molecule has 0 saturated heterocycles. The third-order valence-electron chi connectivity index (χ3n) is 11.4. The molecule has 0 bridgehead atoms. The van der Waals surface area contributed by atoms with Crippen LogP contribution in [0.25, 0.3) is 0 Å². The summed E-state index contributed by atoms with van der Waals surface area (Å²) in [7, 11) is -4.75. The Morgan fingerprint density at radius 3 is 1.21 bits per heavy atom. The van der Waals surface area contributed by atoms with Crippen LogP contribution in [0, 0.1) is 0 Å². The van der Waals surface area contributed by atoms with Crippen molar-refractivity contribution >= 4 is 25.7 Å².